The molecule has 0 fully saturated rings. The van der Waals surface area contributed by atoms with E-state index in [1.54, 1.807) is 6.07 Å². The first-order valence-corrected chi connectivity index (χ1v) is 11.2. The third kappa shape index (κ3) is 3.65. The van der Waals surface area contributed by atoms with Crippen molar-refractivity contribution >= 4 is 34.1 Å². The van der Waals surface area contributed by atoms with Crippen molar-refractivity contribution in [3.05, 3.63) is 66.2 Å². The molecular weight excluding hydrogens is 408 g/mol. The number of phenolic OH excluding ortho intramolecular Hbond substituents is 1. The minimum absolute atomic E-state index is 0.0650. The number of carbonyl (C=O) groups excluding carboxylic acids is 1. The van der Waals surface area contributed by atoms with Crippen LogP contribution in [-0.4, -0.2) is 38.1 Å². The minimum Gasteiger partial charge on any atom is -0.507 e. The fraction of sp³-hybridized carbons (Fsp3) is 0.208. The second kappa shape index (κ2) is 8.07. The van der Waals surface area contributed by atoms with Crippen LogP contribution in [0.2, 0.25) is 0 Å². The van der Waals surface area contributed by atoms with Crippen molar-refractivity contribution in [3.8, 4) is 17.1 Å². The number of carbonyl (C=O) groups is 1. The second-order valence-electron chi connectivity index (χ2n) is 7.65. The van der Waals surface area contributed by atoms with E-state index in [2.05, 4.69) is 16.3 Å². The monoisotopic (exact) mass is 430 g/mol. The van der Waals surface area contributed by atoms with Crippen molar-refractivity contribution < 1.29 is 9.90 Å². The van der Waals surface area contributed by atoms with Gasteiger partial charge in [0.1, 0.15) is 5.75 Å². The topological polar surface area (TPSA) is 71.2 Å². The molecule has 31 heavy (non-hydrogen) atoms. The number of nitrogens with zero attached hydrogens (tertiary/aromatic N) is 4. The van der Waals surface area contributed by atoms with E-state index in [1.807, 2.05) is 65.0 Å². The van der Waals surface area contributed by atoms with Gasteiger partial charge in [0.05, 0.1) is 11.3 Å². The maximum Gasteiger partial charge on any atom is 0.237 e. The van der Waals surface area contributed by atoms with Crippen LogP contribution in [0.4, 0.5) is 5.69 Å². The molecule has 1 amide bonds. The zero-order valence-corrected chi connectivity index (χ0v) is 18.0. The molecule has 156 valence electrons. The lowest BCUT2D eigenvalue weighted by atomic mass is 10.0. The highest BCUT2D eigenvalue weighted by atomic mass is 32.2. The summed E-state index contributed by atoms with van der Waals surface area (Å²) in [4.78, 5) is 14.8. The number of aromatic hydroxyl groups is 1. The number of rotatable bonds is 4. The van der Waals surface area contributed by atoms with E-state index in [1.165, 1.54) is 17.3 Å². The van der Waals surface area contributed by atoms with Crippen molar-refractivity contribution in [1.29, 1.82) is 0 Å². The molecule has 1 aromatic heterocycles. The average Bonchev–Trinajstić information content (AvgIpc) is 3.16. The highest BCUT2D eigenvalue weighted by Gasteiger charge is 2.23. The molecule has 5 rings (SSSR count). The Morgan fingerprint density at radius 3 is 2.65 bits per heavy atom. The number of aromatic nitrogens is 3. The van der Waals surface area contributed by atoms with Crippen LogP contribution >= 0.6 is 11.8 Å². The van der Waals surface area contributed by atoms with Crippen LogP contribution < -0.4 is 4.90 Å². The molecule has 0 radical (unpaired) electrons. The predicted molar refractivity (Wildman–Crippen MR) is 123 cm³/mol. The molecular formula is C24H22N4O2S. The number of para-hydroxylation sites is 1. The lowest BCUT2D eigenvalue weighted by molar-refractivity contribution is -0.116. The number of fused-ring (bicyclic) bond motifs is 2. The lowest BCUT2D eigenvalue weighted by Crippen LogP contribution is -2.36. The van der Waals surface area contributed by atoms with Gasteiger partial charge in [-0.05, 0) is 47.4 Å². The van der Waals surface area contributed by atoms with Crippen molar-refractivity contribution in [2.45, 2.75) is 18.0 Å². The number of amides is 1. The van der Waals surface area contributed by atoms with Gasteiger partial charge in [-0.3, -0.25) is 4.79 Å². The summed E-state index contributed by atoms with van der Waals surface area (Å²) in [5, 5.41) is 21.7. The minimum atomic E-state index is 0.0650. The van der Waals surface area contributed by atoms with E-state index in [9.17, 15) is 9.90 Å². The molecule has 0 unspecified atom stereocenters. The van der Waals surface area contributed by atoms with Crippen LogP contribution in [0.3, 0.4) is 0 Å². The zero-order chi connectivity index (χ0) is 21.4. The number of benzene rings is 3. The van der Waals surface area contributed by atoms with Gasteiger partial charge in [0, 0.05) is 19.3 Å². The van der Waals surface area contributed by atoms with Gasteiger partial charge in [-0.25, -0.2) is 0 Å². The summed E-state index contributed by atoms with van der Waals surface area (Å²) in [5.74, 6) is 1.08. The van der Waals surface area contributed by atoms with Crippen LogP contribution in [0, 0.1) is 0 Å². The molecule has 0 saturated carbocycles. The van der Waals surface area contributed by atoms with Crippen molar-refractivity contribution in [1.82, 2.24) is 14.8 Å². The summed E-state index contributed by atoms with van der Waals surface area (Å²) in [6, 6.07) is 19.6. The Balaban J connectivity index is 1.36. The Kier molecular flexibility index (Phi) is 5.11. The van der Waals surface area contributed by atoms with Crippen molar-refractivity contribution in [2.24, 2.45) is 7.05 Å². The largest absolute Gasteiger partial charge is 0.507 e. The van der Waals surface area contributed by atoms with Gasteiger partial charge in [0.25, 0.3) is 0 Å². The summed E-state index contributed by atoms with van der Waals surface area (Å²) in [5.41, 5.74) is 2.86. The van der Waals surface area contributed by atoms with Gasteiger partial charge in [-0.15, -0.1) is 10.2 Å². The predicted octanol–water partition coefficient (Wildman–Crippen LogP) is 4.41. The molecule has 1 aliphatic rings. The number of anilines is 1. The Bertz CT molecular complexity index is 1280. The SMILES string of the molecule is Cn1c(SCC(=O)N2CCCc3ccccc32)nnc1-c1cc2ccccc2cc1O. The zero-order valence-electron chi connectivity index (χ0n) is 17.2. The van der Waals surface area contributed by atoms with E-state index < -0.39 is 0 Å². The molecule has 4 aromatic rings. The Labute approximate surface area is 184 Å². The Morgan fingerprint density at radius 1 is 1.06 bits per heavy atom. The third-order valence-corrected chi connectivity index (χ3v) is 6.68. The number of aryl methyl sites for hydroxylation is 1. The van der Waals surface area contributed by atoms with E-state index in [-0.39, 0.29) is 17.4 Å². The maximum atomic E-state index is 12.9. The molecule has 0 aliphatic carbocycles. The maximum absolute atomic E-state index is 12.9. The quantitative estimate of drug-likeness (QED) is 0.486. The lowest BCUT2D eigenvalue weighted by Gasteiger charge is -2.29. The second-order valence-corrected chi connectivity index (χ2v) is 8.59. The molecule has 7 heteroatoms. The average molecular weight is 431 g/mol. The van der Waals surface area contributed by atoms with E-state index in [0.717, 1.165) is 35.8 Å². The van der Waals surface area contributed by atoms with Crippen LogP contribution in [0.25, 0.3) is 22.2 Å². The first kappa shape index (κ1) is 19.6. The summed E-state index contributed by atoms with van der Waals surface area (Å²) < 4.78 is 1.83. The summed E-state index contributed by atoms with van der Waals surface area (Å²) in [7, 11) is 1.85. The molecule has 2 heterocycles. The molecule has 3 aromatic carbocycles. The van der Waals surface area contributed by atoms with Gasteiger partial charge in [-0.1, -0.05) is 54.2 Å². The van der Waals surface area contributed by atoms with Crippen LogP contribution in [-0.2, 0) is 18.3 Å². The molecule has 0 bridgehead atoms. The standard InChI is InChI=1S/C24H22N4O2S/c1-27-23(19-13-17-8-2-3-9-18(17)14-21(19)29)25-26-24(27)31-15-22(30)28-12-6-10-16-7-4-5-11-20(16)28/h2-5,7-9,11,13-14,29H,6,10,12,15H2,1H3. The van der Waals surface area contributed by atoms with E-state index in [4.69, 9.17) is 0 Å². The number of thioether (sulfide) groups is 1. The number of phenols is 1. The van der Waals surface area contributed by atoms with Gasteiger partial charge >= 0.3 is 0 Å². The van der Waals surface area contributed by atoms with Crippen LogP contribution in [0.15, 0.2) is 65.8 Å². The van der Waals surface area contributed by atoms with Crippen molar-refractivity contribution in [3.63, 3.8) is 0 Å². The van der Waals surface area contributed by atoms with Gasteiger partial charge < -0.3 is 14.6 Å². The van der Waals surface area contributed by atoms with Crippen molar-refractivity contribution in [2.75, 3.05) is 17.2 Å². The highest BCUT2D eigenvalue weighted by molar-refractivity contribution is 7.99. The highest BCUT2D eigenvalue weighted by Crippen LogP contribution is 2.34. The fourth-order valence-corrected chi connectivity index (χ4v) is 4.87. The molecule has 0 atom stereocenters. The van der Waals surface area contributed by atoms with Gasteiger partial charge in [0.2, 0.25) is 5.91 Å². The molecule has 1 N–H and O–H groups in total. The molecule has 0 saturated heterocycles. The van der Waals surface area contributed by atoms with E-state index in [0.29, 0.717) is 16.5 Å². The Hall–Kier alpha value is -3.32. The first-order valence-electron chi connectivity index (χ1n) is 10.2. The summed E-state index contributed by atoms with van der Waals surface area (Å²) in [6.07, 6.45) is 1.98. The summed E-state index contributed by atoms with van der Waals surface area (Å²) in [6.45, 7) is 0.742. The summed E-state index contributed by atoms with van der Waals surface area (Å²) >= 11 is 1.36. The first-order chi connectivity index (χ1) is 15.1. The third-order valence-electron chi connectivity index (χ3n) is 5.68. The smallest absolute Gasteiger partial charge is 0.237 e. The molecule has 1 aliphatic heterocycles. The number of hydrogen-bond donors (Lipinski definition) is 1. The number of hydrogen-bond acceptors (Lipinski definition) is 5. The van der Waals surface area contributed by atoms with Gasteiger partial charge in [0.15, 0.2) is 11.0 Å². The molecule has 6 nitrogen and oxygen atoms in total. The molecule has 0 spiro atoms. The van der Waals surface area contributed by atoms with Gasteiger partial charge in [-0.2, -0.15) is 0 Å². The fourth-order valence-electron chi connectivity index (χ4n) is 4.08. The van der Waals surface area contributed by atoms with Crippen LogP contribution in [0.1, 0.15) is 12.0 Å². The Morgan fingerprint density at radius 2 is 1.81 bits per heavy atom. The van der Waals surface area contributed by atoms with E-state index >= 15 is 0 Å². The van der Waals surface area contributed by atoms with Crippen LogP contribution in [0.5, 0.6) is 5.75 Å². The normalized spacial score (nSPS) is 13.4.